The molecule has 0 bridgehead atoms. The summed E-state index contributed by atoms with van der Waals surface area (Å²) in [5, 5.41) is 18.5. The van der Waals surface area contributed by atoms with Crippen LogP contribution in [0.2, 0.25) is 0 Å². The van der Waals surface area contributed by atoms with Crippen LogP contribution in [0, 0.1) is 6.92 Å². The molecule has 0 atom stereocenters. The Morgan fingerprint density at radius 1 is 0.756 bits per heavy atom. The van der Waals surface area contributed by atoms with Crippen LogP contribution >= 0.6 is 0 Å². The maximum absolute atomic E-state index is 13.4. The first kappa shape index (κ1) is 29.1. The van der Waals surface area contributed by atoms with Gasteiger partial charge in [-0.1, -0.05) is 78.9 Å². The van der Waals surface area contributed by atoms with Crippen LogP contribution in [0.1, 0.15) is 11.3 Å². The van der Waals surface area contributed by atoms with Crippen LogP contribution < -0.4 is 16.4 Å². The maximum atomic E-state index is 13.4. The van der Waals surface area contributed by atoms with Crippen molar-refractivity contribution in [3.8, 4) is 39.2 Å². The molecule has 0 aliphatic carbocycles. The standard InChI is InChI=1S/C34H26F3N7O/c1-21-31(23-12-9-13-24(20-23)34(35,36)37)32(38)44(43-21)29-17-8-6-15-26(29)25-14-5-7-16-28(25)39-33(45)40-30-19-18-27(41-42-30)22-10-3-2-4-11-22/h2-20H,38H2,1H3,(H2,39,40,42,45). The highest BCUT2D eigenvalue weighted by Gasteiger charge is 2.31. The molecule has 0 fully saturated rings. The van der Waals surface area contributed by atoms with Gasteiger partial charge in [-0.3, -0.25) is 5.32 Å². The van der Waals surface area contributed by atoms with Gasteiger partial charge in [-0.2, -0.15) is 18.3 Å². The van der Waals surface area contributed by atoms with Crippen LogP contribution in [0.4, 0.5) is 35.3 Å². The molecule has 0 aliphatic heterocycles. The number of aromatic nitrogens is 4. The van der Waals surface area contributed by atoms with E-state index >= 15 is 0 Å². The summed E-state index contributed by atoms with van der Waals surface area (Å²) in [4.78, 5) is 13.0. The van der Waals surface area contributed by atoms with Gasteiger partial charge in [-0.15, -0.1) is 10.2 Å². The van der Waals surface area contributed by atoms with Crippen molar-refractivity contribution in [3.05, 3.63) is 127 Å². The van der Waals surface area contributed by atoms with E-state index in [1.165, 1.54) is 10.7 Å². The first-order valence-corrected chi connectivity index (χ1v) is 13.9. The summed E-state index contributed by atoms with van der Waals surface area (Å²) < 4.78 is 41.8. The average Bonchev–Trinajstić information content (AvgIpc) is 3.34. The molecule has 0 aliphatic rings. The third kappa shape index (κ3) is 6.09. The Kier molecular flexibility index (Phi) is 7.74. The molecule has 0 saturated heterocycles. The molecule has 0 spiro atoms. The fraction of sp³-hybridized carbons (Fsp3) is 0.0588. The lowest BCUT2D eigenvalue weighted by atomic mass is 10.0. The smallest absolute Gasteiger partial charge is 0.383 e. The Hall–Kier alpha value is -5.97. The van der Waals surface area contributed by atoms with Gasteiger partial charge in [0.05, 0.1) is 28.3 Å². The molecule has 2 amide bonds. The van der Waals surface area contributed by atoms with E-state index < -0.39 is 17.8 Å². The normalized spacial score (nSPS) is 11.3. The summed E-state index contributed by atoms with van der Waals surface area (Å²) in [5.74, 6) is 0.451. The van der Waals surface area contributed by atoms with Crippen molar-refractivity contribution in [3.63, 3.8) is 0 Å². The lowest BCUT2D eigenvalue weighted by Gasteiger charge is -2.16. The number of nitrogens with two attached hydrogens (primary N) is 1. The van der Waals surface area contributed by atoms with Gasteiger partial charge in [0.15, 0.2) is 5.82 Å². The van der Waals surface area contributed by atoms with E-state index in [2.05, 4.69) is 25.9 Å². The van der Waals surface area contributed by atoms with Crippen molar-refractivity contribution < 1.29 is 18.0 Å². The van der Waals surface area contributed by atoms with Gasteiger partial charge in [0.2, 0.25) is 0 Å². The number of nitrogens with one attached hydrogen (secondary N) is 2. The van der Waals surface area contributed by atoms with Crippen molar-refractivity contribution in [1.82, 2.24) is 20.0 Å². The predicted octanol–water partition coefficient (Wildman–Crippen LogP) is 8.22. The van der Waals surface area contributed by atoms with Gasteiger partial charge < -0.3 is 11.1 Å². The Morgan fingerprint density at radius 3 is 2.18 bits per heavy atom. The molecule has 0 unspecified atom stereocenters. The zero-order chi connectivity index (χ0) is 31.6. The van der Waals surface area contributed by atoms with Crippen molar-refractivity contribution >= 4 is 23.4 Å². The van der Waals surface area contributed by atoms with Crippen LogP contribution in [-0.2, 0) is 6.18 Å². The van der Waals surface area contributed by atoms with Crippen LogP contribution in [0.15, 0.2) is 115 Å². The summed E-state index contributed by atoms with van der Waals surface area (Å²) in [7, 11) is 0. The lowest BCUT2D eigenvalue weighted by molar-refractivity contribution is -0.137. The Morgan fingerprint density at radius 2 is 1.44 bits per heavy atom. The molecule has 2 aromatic heterocycles. The van der Waals surface area contributed by atoms with E-state index in [4.69, 9.17) is 5.73 Å². The molecule has 4 N–H and O–H groups in total. The highest BCUT2D eigenvalue weighted by atomic mass is 19.4. The summed E-state index contributed by atoms with van der Waals surface area (Å²) in [6.45, 7) is 1.69. The maximum Gasteiger partial charge on any atom is 0.416 e. The van der Waals surface area contributed by atoms with Gasteiger partial charge in [-0.25, -0.2) is 9.48 Å². The molecule has 45 heavy (non-hydrogen) atoms. The largest absolute Gasteiger partial charge is 0.416 e. The van der Waals surface area contributed by atoms with E-state index in [9.17, 15) is 18.0 Å². The summed E-state index contributed by atoms with van der Waals surface area (Å²) in [6.07, 6.45) is -4.50. The van der Waals surface area contributed by atoms with Crippen molar-refractivity contribution in [2.75, 3.05) is 16.4 Å². The second-order valence-corrected chi connectivity index (χ2v) is 10.1. The number of alkyl halides is 3. The molecule has 6 rings (SSSR count). The van der Waals surface area contributed by atoms with Gasteiger partial charge in [0.25, 0.3) is 0 Å². The van der Waals surface area contributed by atoms with Crippen LogP contribution in [0.5, 0.6) is 0 Å². The van der Waals surface area contributed by atoms with Crippen LogP contribution in [0.3, 0.4) is 0 Å². The van der Waals surface area contributed by atoms with E-state index in [0.29, 0.717) is 45.0 Å². The summed E-state index contributed by atoms with van der Waals surface area (Å²) in [6, 6.07) is 32.0. The van der Waals surface area contributed by atoms with Crippen molar-refractivity contribution in [2.45, 2.75) is 13.1 Å². The number of benzene rings is 4. The molecule has 0 saturated carbocycles. The van der Waals surface area contributed by atoms with E-state index in [1.54, 1.807) is 49.4 Å². The molecule has 0 radical (unpaired) electrons. The molecule has 4 aromatic carbocycles. The number of carbonyl (C=O) groups excluding carboxylic acids is 1. The number of hydrogen-bond donors (Lipinski definition) is 3. The fourth-order valence-electron chi connectivity index (χ4n) is 5.08. The third-order valence-corrected chi connectivity index (χ3v) is 7.15. The number of hydrogen-bond acceptors (Lipinski definition) is 5. The summed E-state index contributed by atoms with van der Waals surface area (Å²) >= 11 is 0. The zero-order valence-electron chi connectivity index (χ0n) is 23.9. The number of para-hydroxylation sites is 2. The number of carbonyl (C=O) groups is 1. The molecule has 224 valence electrons. The lowest BCUT2D eigenvalue weighted by Crippen LogP contribution is -2.20. The third-order valence-electron chi connectivity index (χ3n) is 7.15. The molecule has 11 heteroatoms. The SMILES string of the molecule is Cc1nn(-c2ccccc2-c2ccccc2NC(=O)Nc2ccc(-c3ccccc3)nn2)c(N)c1-c1cccc(C(F)(F)F)c1. The van der Waals surface area contributed by atoms with E-state index in [0.717, 1.165) is 17.7 Å². The molecule has 6 aromatic rings. The number of urea groups is 1. The number of nitrogens with zero attached hydrogens (tertiary/aromatic N) is 4. The Labute approximate surface area is 256 Å². The second-order valence-electron chi connectivity index (χ2n) is 10.1. The summed E-state index contributed by atoms with van der Waals surface area (Å²) in [5.41, 5.74) is 11.0. The minimum absolute atomic E-state index is 0.181. The van der Waals surface area contributed by atoms with Crippen molar-refractivity contribution in [2.24, 2.45) is 0 Å². The average molecular weight is 606 g/mol. The number of nitrogen functional groups attached to an aromatic ring is 1. The molecule has 2 heterocycles. The van der Waals surface area contributed by atoms with Gasteiger partial charge in [-0.05, 0) is 48.9 Å². The number of anilines is 3. The minimum atomic E-state index is -4.50. The fourth-order valence-corrected chi connectivity index (χ4v) is 5.08. The number of rotatable bonds is 6. The monoisotopic (exact) mass is 605 g/mol. The molecule has 8 nitrogen and oxygen atoms in total. The minimum Gasteiger partial charge on any atom is -0.383 e. The molecular weight excluding hydrogens is 579 g/mol. The first-order chi connectivity index (χ1) is 21.7. The van der Waals surface area contributed by atoms with E-state index in [-0.39, 0.29) is 11.6 Å². The topological polar surface area (TPSA) is 111 Å². The van der Waals surface area contributed by atoms with E-state index in [1.807, 2.05) is 54.6 Å². The predicted molar refractivity (Wildman–Crippen MR) is 169 cm³/mol. The molecular formula is C34H26F3N7O. The Bertz CT molecular complexity index is 1990. The number of aryl methyl sites for hydroxylation is 1. The number of halogens is 3. The Balaban J connectivity index is 1.29. The quantitative estimate of drug-likeness (QED) is 0.177. The van der Waals surface area contributed by atoms with Gasteiger partial charge in [0, 0.05) is 22.3 Å². The van der Waals surface area contributed by atoms with Gasteiger partial charge in [0.1, 0.15) is 5.82 Å². The number of amides is 2. The van der Waals surface area contributed by atoms with Crippen molar-refractivity contribution in [1.29, 1.82) is 0 Å². The van der Waals surface area contributed by atoms with Crippen LogP contribution in [-0.4, -0.2) is 26.0 Å². The highest BCUT2D eigenvalue weighted by molar-refractivity contribution is 6.02. The highest BCUT2D eigenvalue weighted by Crippen LogP contribution is 2.38. The first-order valence-electron chi connectivity index (χ1n) is 13.9. The van der Waals surface area contributed by atoms with Crippen LogP contribution in [0.25, 0.3) is 39.2 Å². The zero-order valence-corrected chi connectivity index (χ0v) is 23.9. The van der Waals surface area contributed by atoms with Gasteiger partial charge >= 0.3 is 12.2 Å². The second kappa shape index (κ2) is 12.0.